The van der Waals surface area contributed by atoms with E-state index in [4.69, 9.17) is 0 Å². The third kappa shape index (κ3) is 1.74. The number of nitrogens with one attached hydrogen (secondary N) is 1. The second kappa shape index (κ2) is 3.65. The van der Waals surface area contributed by atoms with Gasteiger partial charge in [-0.05, 0) is 32.9 Å². The van der Waals surface area contributed by atoms with Crippen molar-refractivity contribution in [1.82, 2.24) is 0 Å². The molecule has 2 rings (SSSR count). The van der Waals surface area contributed by atoms with Gasteiger partial charge in [0.25, 0.3) is 0 Å². The Hall–Kier alpha value is -1.38. The fourth-order valence-corrected chi connectivity index (χ4v) is 2.12. The Morgan fingerprint density at radius 1 is 1.47 bits per heavy atom. The van der Waals surface area contributed by atoms with Gasteiger partial charge in [0.05, 0.1) is 5.69 Å². The molecule has 1 atom stereocenters. The fourth-order valence-electron chi connectivity index (χ4n) is 2.12. The second-order valence-corrected chi connectivity index (χ2v) is 4.46. The van der Waals surface area contributed by atoms with Crippen molar-refractivity contribution in [3.8, 4) is 5.75 Å². The standard InChI is InChI=1S/C12H18N2O/c1-8(2)14-7-9(3)13-10-5-4-6-11(15)12(10)14/h4-6,8-9,13,15H,7H2,1-3H3. The van der Waals surface area contributed by atoms with Gasteiger partial charge in [0.2, 0.25) is 0 Å². The summed E-state index contributed by atoms with van der Waals surface area (Å²) in [6, 6.07) is 6.45. The van der Waals surface area contributed by atoms with Crippen LogP contribution >= 0.6 is 0 Å². The zero-order valence-electron chi connectivity index (χ0n) is 9.49. The van der Waals surface area contributed by atoms with E-state index in [1.165, 1.54) is 0 Å². The maximum Gasteiger partial charge on any atom is 0.141 e. The molecule has 1 aromatic rings. The Balaban J connectivity index is 2.48. The summed E-state index contributed by atoms with van der Waals surface area (Å²) in [6.07, 6.45) is 0. The number of aromatic hydroxyl groups is 1. The first-order valence-electron chi connectivity index (χ1n) is 5.44. The second-order valence-electron chi connectivity index (χ2n) is 4.46. The van der Waals surface area contributed by atoms with Crippen LogP contribution < -0.4 is 10.2 Å². The molecule has 0 amide bonds. The van der Waals surface area contributed by atoms with E-state index in [9.17, 15) is 5.11 Å². The molecule has 0 radical (unpaired) electrons. The first-order chi connectivity index (χ1) is 7.09. The first-order valence-corrected chi connectivity index (χ1v) is 5.44. The summed E-state index contributed by atoms with van der Waals surface area (Å²) in [4.78, 5) is 2.24. The van der Waals surface area contributed by atoms with Crippen molar-refractivity contribution < 1.29 is 5.11 Å². The molecule has 0 saturated heterocycles. The number of phenols is 1. The Morgan fingerprint density at radius 3 is 2.87 bits per heavy atom. The van der Waals surface area contributed by atoms with E-state index >= 15 is 0 Å². The molecule has 0 aromatic heterocycles. The molecule has 0 fully saturated rings. The van der Waals surface area contributed by atoms with Gasteiger partial charge < -0.3 is 15.3 Å². The van der Waals surface area contributed by atoms with Gasteiger partial charge in [-0.3, -0.25) is 0 Å². The summed E-state index contributed by atoms with van der Waals surface area (Å²) in [5.41, 5.74) is 1.97. The number of hydrogen-bond acceptors (Lipinski definition) is 3. The molecule has 82 valence electrons. The predicted octanol–water partition coefficient (Wildman–Crippen LogP) is 2.42. The normalized spacial score (nSPS) is 20.0. The van der Waals surface area contributed by atoms with Crippen LogP contribution in [0.15, 0.2) is 18.2 Å². The Kier molecular flexibility index (Phi) is 2.47. The molecule has 0 saturated carbocycles. The summed E-state index contributed by atoms with van der Waals surface area (Å²) in [5, 5.41) is 13.3. The minimum Gasteiger partial charge on any atom is -0.506 e. The molecule has 1 aliphatic heterocycles. The predicted molar refractivity (Wildman–Crippen MR) is 63.7 cm³/mol. The molecule has 0 aliphatic carbocycles. The number of para-hydroxylation sites is 1. The fraction of sp³-hybridized carbons (Fsp3) is 0.500. The highest BCUT2D eigenvalue weighted by Gasteiger charge is 2.25. The average molecular weight is 206 g/mol. The zero-order chi connectivity index (χ0) is 11.0. The van der Waals surface area contributed by atoms with Crippen LogP contribution in [-0.2, 0) is 0 Å². The van der Waals surface area contributed by atoms with Crippen LogP contribution in [0.3, 0.4) is 0 Å². The minimum absolute atomic E-state index is 0.362. The van der Waals surface area contributed by atoms with Gasteiger partial charge in [-0.1, -0.05) is 6.07 Å². The quantitative estimate of drug-likeness (QED) is 0.740. The molecule has 0 bridgehead atoms. The van der Waals surface area contributed by atoms with Gasteiger partial charge in [-0.2, -0.15) is 0 Å². The van der Waals surface area contributed by atoms with Gasteiger partial charge in [-0.25, -0.2) is 0 Å². The summed E-state index contributed by atoms with van der Waals surface area (Å²) in [5.74, 6) is 0.362. The van der Waals surface area contributed by atoms with Crippen LogP contribution in [0.4, 0.5) is 11.4 Å². The zero-order valence-corrected chi connectivity index (χ0v) is 9.49. The maximum atomic E-state index is 9.88. The van der Waals surface area contributed by atoms with E-state index in [0.29, 0.717) is 17.8 Å². The van der Waals surface area contributed by atoms with Crippen molar-refractivity contribution in [2.75, 3.05) is 16.8 Å². The van der Waals surface area contributed by atoms with Crippen molar-refractivity contribution in [2.45, 2.75) is 32.9 Å². The molecular formula is C12H18N2O. The number of benzene rings is 1. The van der Waals surface area contributed by atoms with E-state index in [2.05, 4.69) is 31.0 Å². The lowest BCUT2D eigenvalue weighted by Crippen LogP contribution is -2.43. The lowest BCUT2D eigenvalue weighted by molar-refractivity contribution is 0.469. The van der Waals surface area contributed by atoms with Crippen LogP contribution in [0.1, 0.15) is 20.8 Å². The molecule has 1 aromatic carbocycles. The van der Waals surface area contributed by atoms with Gasteiger partial charge >= 0.3 is 0 Å². The van der Waals surface area contributed by atoms with Crippen LogP contribution in [0.2, 0.25) is 0 Å². The van der Waals surface area contributed by atoms with E-state index in [0.717, 1.165) is 17.9 Å². The third-order valence-electron chi connectivity index (χ3n) is 2.80. The summed E-state index contributed by atoms with van der Waals surface area (Å²) in [7, 11) is 0. The molecule has 3 nitrogen and oxygen atoms in total. The number of nitrogens with zero attached hydrogens (tertiary/aromatic N) is 1. The van der Waals surface area contributed by atoms with Crippen molar-refractivity contribution in [3.63, 3.8) is 0 Å². The third-order valence-corrected chi connectivity index (χ3v) is 2.80. The Morgan fingerprint density at radius 2 is 2.20 bits per heavy atom. The van der Waals surface area contributed by atoms with E-state index in [1.807, 2.05) is 12.1 Å². The number of phenolic OH excluding ortho intramolecular Hbond substituents is 1. The van der Waals surface area contributed by atoms with E-state index in [-0.39, 0.29) is 0 Å². The van der Waals surface area contributed by atoms with Crippen LogP contribution in [0.5, 0.6) is 5.75 Å². The lowest BCUT2D eigenvalue weighted by atomic mass is 10.1. The monoisotopic (exact) mass is 206 g/mol. The highest BCUT2D eigenvalue weighted by Crippen LogP contribution is 2.39. The van der Waals surface area contributed by atoms with Crippen LogP contribution in [0.25, 0.3) is 0 Å². The average Bonchev–Trinajstić information content (AvgIpc) is 2.16. The lowest BCUT2D eigenvalue weighted by Gasteiger charge is -2.38. The summed E-state index contributed by atoms with van der Waals surface area (Å²) >= 11 is 0. The van der Waals surface area contributed by atoms with Crippen LogP contribution in [0, 0.1) is 0 Å². The van der Waals surface area contributed by atoms with Gasteiger partial charge in [0, 0.05) is 18.6 Å². The largest absolute Gasteiger partial charge is 0.506 e. The molecule has 1 aliphatic rings. The molecule has 0 spiro atoms. The van der Waals surface area contributed by atoms with Gasteiger partial charge in [0.1, 0.15) is 11.4 Å². The van der Waals surface area contributed by atoms with Crippen molar-refractivity contribution in [1.29, 1.82) is 0 Å². The van der Waals surface area contributed by atoms with Crippen molar-refractivity contribution >= 4 is 11.4 Å². The maximum absolute atomic E-state index is 9.88. The topological polar surface area (TPSA) is 35.5 Å². The highest BCUT2D eigenvalue weighted by molar-refractivity contribution is 5.78. The first kappa shape index (κ1) is 10.1. The van der Waals surface area contributed by atoms with Crippen molar-refractivity contribution in [3.05, 3.63) is 18.2 Å². The molecular weight excluding hydrogens is 188 g/mol. The van der Waals surface area contributed by atoms with E-state index < -0.39 is 0 Å². The molecule has 2 N–H and O–H groups in total. The van der Waals surface area contributed by atoms with Crippen LogP contribution in [-0.4, -0.2) is 23.7 Å². The molecule has 1 heterocycles. The molecule has 3 heteroatoms. The van der Waals surface area contributed by atoms with E-state index in [1.54, 1.807) is 6.07 Å². The summed E-state index contributed by atoms with van der Waals surface area (Å²) < 4.78 is 0. The molecule has 1 unspecified atom stereocenters. The molecule has 15 heavy (non-hydrogen) atoms. The SMILES string of the molecule is CC1CN(C(C)C)c2c(O)cccc2N1. The van der Waals surface area contributed by atoms with Gasteiger partial charge in [-0.15, -0.1) is 0 Å². The highest BCUT2D eigenvalue weighted by atomic mass is 16.3. The smallest absolute Gasteiger partial charge is 0.141 e. The number of fused-ring (bicyclic) bond motifs is 1. The Labute approximate surface area is 90.7 Å². The Bertz CT molecular complexity index is 363. The number of rotatable bonds is 1. The van der Waals surface area contributed by atoms with Crippen molar-refractivity contribution in [2.24, 2.45) is 0 Å². The summed E-state index contributed by atoms with van der Waals surface area (Å²) in [6.45, 7) is 7.38. The van der Waals surface area contributed by atoms with Gasteiger partial charge in [0.15, 0.2) is 0 Å². The minimum atomic E-state index is 0.362. The number of hydrogen-bond donors (Lipinski definition) is 2. The number of anilines is 2.